The zero-order valence-corrected chi connectivity index (χ0v) is 13.5. The molecule has 0 atom stereocenters. The third-order valence-corrected chi connectivity index (χ3v) is 3.43. The average Bonchev–Trinajstić information content (AvgIpc) is 2.57. The number of amides is 1. The van der Waals surface area contributed by atoms with Gasteiger partial charge in [-0.15, -0.1) is 0 Å². The first kappa shape index (κ1) is 17.2. The molecule has 0 aliphatic rings. The fraction of sp³-hybridized carbons (Fsp3) is 0.158. The molecule has 0 aromatic heterocycles. The van der Waals surface area contributed by atoms with Crippen LogP contribution in [0.5, 0.6) is 0 Å². The number of nitrogens with one attached hydrogen (secondary N) is 2. The van der Waals surface area contributed by atoms with Crippen molar-refractivity contribution in [2.75, 3.05) is 10.6 Å². The van der Waals surface area contributed by atoms with E-state index in [0.29, 0.717) is 17.3 Å². The standard InChI is InChI=1S/C19H18FN3O/c1-13(2)14-3-7-18(8-4-14)23-19(24)15(11-21)12-22-17-9-5-16(20)6-10-17/h3-10,12-13,22H,1-2H3,(H,23,24)/b15-12-. The second-order valence-corrected chi connectivity index (χ2v) is 5.55. The predicted octanol–water partition coefficient (Wildman–Crippen LogP) is 4.41. The number of hydrogen-bond acceptors (Lipinski definition) is 3. The molecule has 0 saturated carbocycles. The van der Waals surface area contributed by atoms with E-state index in [1.807, 2.05) is 18.2 Å². The zero-order valence-electron chi connectivity index (χ0n) is 13.5. The Morgan fingerprint density at radius 2 is 1.67 bits per heavy atom. The normalized spacial score (nSPS) is 11.0. The summed E-state index contributed by atoms with van der Waals surface area (Å²) < 4.78 is 12.8. The first-order valence-corrected chi connectivity index (χ1v) is 7.53. The van der Waals surface area contributed by atoms with Gasteiger partial charge in [0.25, 0.3) is 5.91 Å². The largest absolute Gasteiger partial charge is 0.360 e. The Morgan fingerprint density at radius 1 is 1.08 bits per heavy atom. The van der Waals surface area contributed by atoms with Gasteiger partial charge in [0.15, 0.2) is 0 Å². The highest BCUT2D eigenvalue weighted by atomic mass is 19.1. The minimum absolute atomic E-state index is 0.0766. The van der Waals surface area contributed by atoms with Crippen LogP contribution < -0.4 is 10.6 Å². The van der Waals surface area contributed by atoms with Gasteiger partial charge in [0.05, 0.1) is 0 Å². The van der Waals surface area contributed by atoms with E-state index in [1.165, 1.54) is 36.0 Å². The van der Waals surface area contributed by atoms with Crippen LogP contribution in [-0.4, -0.2) is 5.91 Å². The molecule has 0 spiro atoms. The Balaban J connectivity index is 2.04. The van der Waals surface area contributed by atoms with Crippen molar-refractivity contribution in [2.24, 2.45) is 0 Å². The Hall–Kier alpha value is -3.13. The van der Waals surface area contributed by atoms with E-state index in [0.717, 1.165) is 0 Å². The SMILES string of the molecule is CC(C)c1ccc(NC(=O)/C(C#N)=C\Nc2ccc(F)cc2)cc1. The van der Waals surface area contributed by atoms with Gasteiger partial charge < -0.3 is 10.6 Å². The molecule has 0 fully saturated rings. The number of hydrogen-bond donors (Lipinski definition) is 2. The molecule has 0 saturated heterocycles. The molecular weight excluding hydrogens is 305 g/mol. The van der Waals surface area contributed by atoms with Crippen molar-refractivity contribution in [3.63, 3.8) is 0 Å². The number of nitrogens with zero attached hydrogens (tertiary/aromatic N) is 1. The number of carbonyl (C=O) groups excluding carboxylic acids is 1. The minimum Gasteiger partial charge on any atom is -0.360 e. The number of halogens is 1. The molecule has 2 aromatic carbocycles. The van der Waals surface area contributed by atoms with E-state index < -0.39 is 5.91 Å². The van der Waals surface area contributed by atoms with E-state index >= 15 is 0 Å². The highest BCUT2D eigenvalue weighted by molar-refractivity contribution is 6.06. The molecule has 0 heterocycles. The molecule has 0 unspecified atom stereocenters. The fourth-order valence-electron chi connectivity index (χ4n) is 2.00. The summed E-state index contributed by atoms with van der Waals surface area (Å²) in [4.78, 5) is 12.1. The summed E-state index contributed by atoms with van der Waals surface area (Å²) >= 11 is 0. The smallest absolute Gasteiger partial charge is 0.267 e. The van der Waals surface area contributed by atoms with Gasteiger partial charge in [0.1, 0.15) is 17.5 Å². The van der Waals surface area contributed by atoms with Gasteiger partial charge in [-0.3, -0.25) is 4.79 Å². The van der Waals surface area contributed by atoms with Crippen molar-refractivity contribution < 1.29 is 9.18 Å². The third kappa shape index (κ3) is 4.68. The Labute approximate surface area is 140 Å². The van der Waals surface area contributed by atoms with E-state index in [4.69, 9.17) is 5.26 Å². The van der Waals surface area contributed by atoms with Crippen LogP contribution >= 0.6 is 0 Å². The van der Waals surface area contributed by atoms with Crippen molar-refractivity contribution >= 4 is 17.3 Å². The monoisotopic (exact) mass is 323 g/mol. The van der Waals surface area contributed by atoms with Crippen molar-refractivity contribution in [3.8, 4) is 6.07 Å². The van der Waals surface area contributed by atoms with Crippen molar-refractivity contribution in [1.29, 1.82) is 5.26 Å². The maximum Gasteiger partial charge on any atom is 0.267 e. The molecule has 0 bridgehead atoms. The molecule has 5 heteroatoms. The van der Waals surface area contributed by atoms with Crippen LogP contribution in [0.25, 0.3) is 0 Å². The maximum atomic E-state index is 12.8. The Bertz CT molecular complexity index is 772. The maximum absolute atomic E-state index is 12.8. The average molecular weight is 323 g/mol. The van der Waals surface area contributed by atoms with Crippen LogP contribution in [0.4, 0.5) is 15.8 Å². The second-order valence-electron chi connectivity index (χ2n) is 5.55. The molecule has 4 nitrogen and oxygen atoms in total. The van der Waals surface area contributed by atoms with Crippen LogP contribution in [0.1, 0.15) is 25.3 Å². The summed E-state index contributed by atoms with van der Waals surface area (Å²) in [5, 5.41) is 14.6. The molecule has 1 amide bonds. The molecular formula is C19H18FN3O. The fourth-order valence-corrected chi connectivity index (χ4v) is 2.00. The summed E-state index contributed by atoms with van der Waals surface area (Å²) in [7, 11) is 0. The molecule has 24 heavy (non-hydrogen) atoms. The molecule has 2 rings (SSSR count). The van der Waals surface area contributed by atoms with Crippen LogP contribution in [0, 0.1) is 17.1 Å². The lowest BCUT2D eigenvalue weighted by molar-refractivity contribution is -0.112. The second kappa shape index (κ2) is 7.93. The molecule has 2 aromatic rings. The Kier molecular flexibility index (Phi) is 5.69. The summed E-state index contributed by atoms with van der Waals surface area (Å²) in [6.45, 7) is 4.18. The van der Waals surface area contributed by atoms with Crippen molar-refractivity contribution in [2.45, 2.75) is 19.8 Å². The molecule has 0 aliphatic heterocycles. The quantitative estimate of drug-likeness (QED) is 0.633. The van der Waals surface area contributed by atoms with Gasteiger partial charge in [-0.25, -0.2) is 4.39 Å². The van der Waals surface area contributed by atoms with Gasteiger partial charge in [-0.1, -0.05) is 26.0 Å². The molecule has 0 radical (unpaired) electrons. The molecule has 0 aliphatic carbocycles. The Morgan fingerprint density at radius 3 is 2.21 bits per heavy atom. The number of nitriles is 1. The first-order chi connectivity index (χ1) is 11.5. The highest BCUT2D eigenvalue weighted by Gasteiger charge is 2.09. The highest BCUT2D eigenvalue weighted by Crippen LogP contribution is 2.17. The van der Waals surface area contributed by atoms with Gasteiger partial charge in [-0.05, 0) is 47.9 Å². The van der Waals surface area contributed by atoms with Crippen LogP contribution in [-0.2, 0) is 4.79 Å². The predicted molar refractivity (Wildman–Crippen MR) is 92.9 cm³/mol. The van der Waals surface area contributed by atoms with Crippen LogP contribution in [0.3, 0.4) is 0 Å². The number of benzene rings is 2. The van der Waals surface area contributed by atoms with Crippen molar-refractivity contribution in [1.82, 2.24) is 0 Å². The van der Waals surface area contributed by atoms with E-state index in [2.05, 4.69) is 24.5 Å². The number of carbonyl (C=O) groups is 1. The molecule has 122 valence electrons. The lowest BCUT2D eigenvalue weighted by Gasteiger charge is -2.08. The van der Waals surface area contributed by atoms with Crippen molar-refractivity contribution in [3.05, 3.63) is 71.7 Å². The van der Waals surface area contributed by atoms with Gasteiger partial charge in [0, 0.05) is 17.6 Å². The number of anilines is 2. The lowest BCUT2D eigenvalue weighted by Crippen LogP contribution is -2.14. The van der Waals surface area contributed by atoms with Gasteiger partial charge in [-0.2, -0.15) is 5.26 Å². The van der Waals surface area contributed by atoms with E-state index in [1.54, 1.807) is 12.1 Å². The van der Waals surface area contributed by atoms with Crippen LogP contribution in [0.15, 0.2) is 60.3 Å². The summed E-state index contributed by atoms with van der Waals surface area (Å²) in [6.07, 6.45) is 1.30. The third-order valence-electron chi connectivity index (χ3n) is 3.43. The topological polar surface area (TPSA) is 64.9 Å². The van der Waals surface area contributed by atoms with Gasteiger partial charge >= 0.3 is 0 Å². The van der Waals surface area contributed by atoms with E-state index in [9.17, 15) is 9.18 Å². The summed E-state index contributed by atoms with van der Waals surface area (Å²) in [5.74, 6) is -0.457. The summed E-state index contributed by atoms with van der Waals surface area (Å²) in [5.41, 5.74) is 2.29. The first-order valence-electron chi connectivity index (χ1n) is 7.53. The number of rotatable bonds is 5. The minimum atomic E-state index is -0.510. The molecule has 2 N–H and O–H groups in total. The summed E-state index contributed by atoms with van der Waals surface area (Å²) in [6, 6.07) is 14.9. The van der Waals surface area contributed by atoms with Crippen LogP contribution in [0.2, 0.25) is 0 Å². The van der Waals surface area contributed by atoms with Gasteiger partial charge in [0.2, 0.25) is 0 Å². The lowest BCUT2D eigenvalue weighted by atomic mass is 10.0. The van der Waals surface area contributed by atoms with E-state index in [-0.39, 0.29) is 11.4 Å². The zero-order chi connectivity index (χ0) is 17.5.